The van der Waals surface area contributed by atoms with Gasteiger partial charge in [0, 0.05) is 41.8 Å². The summed E-state index contributed by atoms with van der Waals surface area (Å²) in [5.41, 5.74) is 0. The first-order valence-corrected chi connectivity index (χ1v) is 31.4. The van der Waals surface area contributed by atoms with Crippen LogP contribution in [0.4, 0.5) is 4.79 Å². The standard InChI is InChI=1S/C62H115N11O13/c1-36(2)27-46-58(79)73(22)54(41(11)12)60(81)70(19)49(32-42(13)23-24-67(16)33-45-35-84-25-26-85-45)57(78)66-53(44(15)74)59(80)68(17)34-52(75)69(18)47(28-37(3)4)56(77)65-51(31-40(9)10)72(21)50(30-39(7)8)63-43(14)61(82)86-62(83)71(20)48(29-38(5)6)55(76)64-46/h36-51,53-54,63,74H,23-35H2,1-22H3,(H,64,76)(H,65,77)(H,66,78)/t42-,43-,44-,45?,46-,47+,48-,49?,50-,51+,53?,54?/m1/s1. The molecule has 24 heteroatoms. The van der Waals surface area contributed by atoms with Gasteiger partial charge in [0.25, 0.3) is 0 Å². The molecule has 0 aliphatic carbocycles. The van der Waals surface area contributed by atoms with Crippen molar-refractivity contribution < 1.29 is 62.5 Å². The molecular formula is C62H115N11O13. The molecule has 496 valence electrons. The molecule has 0 aromatic rings. The van der Waals surface area contributed by atoms with Crippen LogP contribution in [-0.4, -0.2) is 248 Å². The Morgan fingerprint density at radius 1 is 0.581 bits per heavy atom. The monoisotopic (exact) mass is 1220 g/mol. The molecule has 4 unspecified atom stereocenters. The number of cyclic esters (lactones) is 2. The van der Waals surface area contributed by atoms with Crippen LogP contribution in [0.2, 0.25) is 0 Å². The minimum Gasteiger partial charge on any atom is -0.391 e. The van der Waals surface area contributed by atoms with Gasteiger partial charge in [0.1, 0.15) is 42.3 Å². The lowest BCUT2D eigenvalue weighted by atomic mass is 9.94. The predicted octanol–water partition coefficient (Wildman–Crippen LogP) is 3.58. The number of ether oxygens (including phenoxy) is 3. The first-order chi connectivity index (χ1) is 39.9. The Balaban J connectivity index is 2.91. The molecule has 86 heavy (non-hydrogen) atoms. The van der Waals surface area contributed by atoms with Crippen LogP contribution in [0.25, 0.3) is 0 Å². The van der Waals surface area contributed by atoms with Crippen LogP contribution in [0.1, 0.15) is 149 Å². The maximum Gasteiger partial charge on any atom is 0.417 e. The summed E-state index contributed by atoms with van der Waals surface area (Å²) < 4.78 is 17.0. The highest BCUT2D eigenvalue weighted by Gasteiger charge is 2.43. The van der Waals surface area contributed by atoms with Gasteiger partial charge in [-0.2, -0.15) is 0 Å². The number of aliphatic hydroxyl groups is 1. The third-order valence-electron chi connectivity index (χ3n) is 16.2. The number of hydrogen-bond donors (Lipinski definition) is 5. The fraction of sp³-hybridized carbons (Fsp3) is 0.855. The van der Waals surface area contributed by atoms with Crippen molar-refractivity contribution in [1.29, 1.82) is 0 Å². The van der Waals surface area contributed by atoms with Gasteiger partial charge in [-0.1, -0.05) is 90.0 Å². The van der Waals surface area contributed by atoms with E-state index in [1.54, 1.807) is 20.8 Å². The number of aliphatic hydroxyl groups excluding tert-OH is 1. The molecule has 0 spiro atoms. The van der Waals surface area contributed by atoms with Gasteiger partial charge < -0.3 is 59.8 Å². The number of amides is 8. The zero-order valence-corrected chi connectivity index (χ0v) is 56.6. The van der Waals surface area contributed by atoms with Gasteiger partial charge in [0.2, 0.25) is 41.4 Å². The largest absolute Gasteiger partial charge is 0.417 e. The van der Waals surface area contributed by atoms with Crippen LogP contribution in [0.5, 0.6) is 0 Å². The first kappa shape index (κ1) is 77.1. The van der Waals surface area contributed by atoms with Crippen molar-refractivity contribution in [1.82, 2.24) is 55.6 Å². The third kappa shape index (κ3) is 24.5. The molecule has 0 bridgehead atoms. The van der Waals surface area contributed by atoms with Crippen molar-refractivity contribution in [2.75, 3.05) is 88.8 Å². The Labute approximate surface area is 515 Å². The first-order valence-electron chi connectivity index (χ1n) is 31.4. The van der Waals surface area contributed by atoms with Gasteiger partial charge in [-0.3, -0.25) is 48.7 Å². The zero-order valence-electron chi connectivity index (χ0n) is 56.6. The fourth-order valence-corrected chi connectivity index (χ4v) is 11.1. The van der Waals surface area contributed by atoms with Gasteiger partial charge >= 0.3 is 12.1 Å². The van der Waals surface area contributed by atoms with Gasteiger partial charge in [0.15, 0.2) is 0 Å². The molecule has 2 saturated heterocycles. The van der Waals surface area contributed by atoms with Crippen molar-refractivity contribution in [3.05, 3.63) is 0 Å². The molecule has 0 aromatic carbocycles. The molecule has 2 fully saturated rings. The van der Waals surface area contributed by atoms with Crippen LogP contribution in [0.3, 0.4) is 0 Å². The second kappa shape index (κ2) is 36.5. The van der Waals surface area contributed by atoms with Crippen molar-refractivity contribution >= 4 is 53.4 Å². The van der Waals surface area contributed by atoms with Crippen LogP contribution >= 0.6 is 0 Å². The van der Waals surface area contributed by atoms with Crippen LogP contribution < -0.4 is 21.3 Å². The van der Waals surface area contributed by atoms with E-state index >= 15 is 4.79 Å². The molecule has 2 aliphatic rings. The normalized spacial score (nSPS) is 27.5. The van der Waals surface area contributed by atoms with Crippen molar-refractivity contribution in [3.8, 4) is 0 Å². The number of hydrogen-bond acceptors (Lipinski definition) is 16. The Bertz CT molecular complexity index is 2190. The maximum atomic E-state index is 15.2. The highest BCUT2D eigenvalue weighted by atomic mass is 16.6. The molecule has 24 nitrogen and oxygen atoms in total. The summed E-state index contributed by atoms with van der Waals surface area (Å²) >= 11 is 0. The van der Waals surface area contributed by atoms with E-state index in [0.717, 1.165) is 9.80 Å². The Morgan fingerprint density at radius 3 is 1.60 bits per heavy atom. The number of carbonyl (C=O) groups excluding carboxylic acids is 9. The number of likely N-dealkylation sites (N-methyl/N-ethyl adjacent to an activating group) is 6. The molecule has 2 heterocycles. The number of carbonyl (C=O) groups is 9. The molecule has 12 atom stereocenters. The van der Waals surface area contributed by atoms with E-state index < -0.39 is 127 Å². The summed E-state index contributed by atoms with van der Waals surface area (Å²) in [4.78, 5) is 141. The highest BCUT2D eigenvalue weighted by molar-refractivity contribution is 5.97. The number of rotatable bonds is 19. The Hall–Kier alpha value is -5.01. The molecule has 8 amide bonds. The van der Waals surface area contributed by atoms with E-state index in [1.807, 2.05) is 95.2 Å². The smallest absolute Gasteiger partial charge is 0.391 e. The summed E-state index contributed by atoms with van der Waals surface area (Å²) in [6.45, 7) is 29.9. The fourth-order valence-electron chi connectivity index (χ4n) is 11.1. The molecule has 5 N–H and O–H groups in total. The van der Waals surface area contributed by atoms with E-state index in [2.05, 4.69) is 26.2 Å². The third-order valence-corrected chi connectivity index (χ3v) is 16.2. The SMILES string of the molecule is CC(C)C[C@@H]1C(=O)N[C@H](CC(C)C)C(=O)N(C)C(C(C)C)C(=O)N(C)C(C[C@H](C)CCN(C)CC2COCCO2)C(=O)NC([C@@H](C)O)C(=O)N(C)CC(=O)N(C)[C@@H](CC(C)C)C(=O)N[C@H](CC(C)C)N(C)[C@H](CC(C)C)N[C@H](C)C(=O)OC(=O)N1C. The maximum absolute atomic E-state index is 15.2. The highest BCUT2D eigenvalue weighted by Crippen LogP contribution is 2.24. The van der Waals surface area contributed by atoms with E-state index in [1.165, 1.54) is 56.9 Å². The van der Waals surface area contributed by atoms with E-state index in [-0.39, 0.29) is 67.3 Å². The molecule has 0 aromatic heterocycles. The average Bonchev–Trinajstić information content (AvgIpc) is 1.43. The molecular weight excluding hydrogens is 1110 g/mol. The van der Waals surface area contributed by atoms with Gasteiger partial charge in [0.05, 0.1) is 50.9 Å². The quantitative estimate of drug-likeness (QED) is 0.0914. The lowest BCUT2D eigenvalue weighted by molar-refractivity contribution is -0.152. The predicted molar refractivity (Wildman–Crippen MR) is 331 cm³/mol. The summed E-state index contributed by atoms with van der Waals surface area (Å²) in [6.07, 6.45) is -1.73. The summed E-state index contributed by atoms with van der Waals surface area (Å²) in [6, 6.07) is -8.51. The minimum atomic E-state index is -1.59. The molecule has 0 saturated carbocycles. The Morgan fingerprint density at radius 2 is 1.09 bits per heavy atom. The van der Waals surface area contributed by atoms with Crippen LogP contribution in [0, 0.1) is 41.4 Å². The van der Waals surface area contributed by atoms with E-state index in [0.29, 0.717) is 52.2 Å². The van der Waals surface area contributed by atoms with Crippen molar-refractivity contribution in [2.45, 2.75) is 216 Å². The topological polar surface area (TPSA) is 272 Å². The van der Waals surface area contributed by atoms with Gasteiger partial charge in [-0.15, -0.1) is 0 Å². The Kier molecular flexibility index (Phi) is 32.7. The molecule has 0 radical (unpaired) electrons. The van der Waals surface area contributed by atoms with E-state index in [9.17, 15) is 43.5 Å². The lowest BCUT2D eigenvalue weighted by Crippen LogP contribution is -2.62. The van der Waals surface area contributed by atoms with Crippen LogP contribution in [-0.2, 0) is 52.6 Å². The summed E-state index contributed by atoms with van der Waals surface area (Å²) in [5, 5.41) is 23.4. The van der Waals surface area contributed by atoms with Crippen LogP contribution in [0.15, 0.2) is 0 Å². The van der Waals surface area contributed by atoms with Gasteiger partial charge in [-0.05, 0) is 121 Å². The van der Waals surface area contributed by atoms with E-state index in [4.69, 9.17) is 14.2 Å². The second-order valence-electron chi connectivity index (χ2n) is 27.1. The second-order valence-corrected chi connectivity index (χ2v) is 27.1. The van der Waals surface area contributed by atoms with Crippen molar-refractivity contribution in [3.63, 3.8) is 0 Å². The number of nitrogens with one attached hydrogen (secondary N) is 4. The van der Waals surface area contributed by atoms with Gasteiger partial charge in [-0.25, -0.2) is 9.59 Å². The number of esters is 1. The molecule has 2 aliphatic heterocycles. The summed E-state index contributed by atoms with van der Waals surface area (Å²) in [7, 11) is 10.9. The minimum absolute atomic E-state index is 0.0628. The zero-order chi connectivity index (χ0) is 65.8. The molecule has 2 rings (SSSR count). The van der Waals surface area contributed by atoms with Crippen molar-refractivity contribution in [2.24, 2.45) is 41.4 Å². The lowest BCUT2D eigenvalue weighted by Gasteiger charge is -2.40. The number of nitrogens with zero attached hydrogens (tertiary/aromatic N) is 7. The summed E-state index contributed by atoms with van der Waals surface area (Å²) in [5.74, 6) is -6.39. The average molecular weight is 1220 g/mol.